The molecule has 0 heterocycles. The number of anilines is 2. The molecule has 26 heavy (non-hydrogen) atoms. The Bertz CT molecular complexity index is 902. The average molecular weight is 416 g/mol. The summed E-state index contributed by atoms with van der Waals surface area (Å²) in [7, 11) is -0.0386. The minimum absolute atomic E-state index is 0.0202. The second-order valence-corrected chi connectivity index (χ2v) is 8.24. The largest absolute Gasteiger partial charge is 0.376 e. The number of rotatable bonds is 7. The van der Waals surface area contributed by atoms with Crippen molar-refractivity contribution in [3.63, 3.8) is 0 Å². The SMILES string of the molecule is CN(C)c1ccc(NC(=O)CCNS(=O)(=O)c2ccccc2Cl)cc1Cl. The second-order valence-electron chi connectivity index (χ2n) is 5.69. The van der Waals surface area contributed by atoms with Gasteiger partial charge in [-0.3, -0.25) is 4.79 Å². The van der Waals surface area contributed by atoms with Gasteiger partial charge in [-0.15, -0.1) is 0 Å². The number of carbonyl (C=O) groups is 1. The van der Waals surface area contributed by atoms with E-state index in [9.17, 15) is 13.2 Å². The molecule has 6 nitrogen and oxygen atoms in total. The molecule has 0 aliphatic heterocycles. The van der Waals surface area contributed by atoms with Crippen LogP contribution in [0.3, 0.4) is 0 Å². The van der Waals surface area contributed by atoms with E-state index in [1.165, 1.54) is 12.1 Å². The van der Waals surface area contributed by atoms with Crippen molar-refractivity contribution in [3.8, 4) is 0 Å². The minimum Gasteiger partial charge on any atom is -0.376 e. The molecule has 0 aliphatic carbocycles. The molecule has 1 amide bonds. The molecule has 2 rings (SSSR count). The highest BCUT2D eigenvalue weighted by atomic mass is 35.5. The quantitative estimate of drug-likeness (QED) is 0.726. The first-order chi connectivity index (χ1) is 12.2. The van der Waals surface area contributed by atoms with E-state index < -0.39 is 10.0 Å². The van der Waals surface area contributed by atoms with Gasteiger partial charge in [0.1, 0.15) is 4.90 Å². The summed E-state index contributed by atoms with van der Waals surface area (Å²) in [5.74, 6) is -0.333. The minimum atomic E-state index is -3.77. The lowest BCUT2D eigenvalue weighted by atomic mass is 10.2. The Hall–Kier alpha value is -1.80. The summed E-state index contributed by atoms with van der Waals surface area (Å²) >= 11 is 12.1. The Morgan fingerprint density at radius 1 is 1.08 bits per heavy atom. The van der Waals surface area contributed by atoms with E-state index >= 15 is 0 Å². The number of amides is 1. The Morgan fingerprint density at radius 3 is 2.38 bits per heavy atom. The first-order valence-corrected chi connectivity index (χ1v) is 9.95. The van der Waals surface area contributed by atoms with Gasteiger partial charge in [0.15, 0.2) is 0 Å². The summed E-state index contributed by atoms with van der Waals surface area (Å²) in [4.78, 5) is 13.8. The van der Waals surface area contributed by atoms with Gasteiger partial charge in [-0.25, -0.2) is 13.1 Å². The van der Waals surface area contributed by atoms with Gasteiger partial charge in [0, 0.05) is 32.7 Å². The van der Waals surface area contributed by atoms with E-state index in [1.807, 2.05) is 19.0 Å². The number of hydrogen-bond donors (Lipinski definition) is 2. The summed E-state index contributed by atoms with van der Waals surface area (Å²) in [5, 5.41) is 3.32. The lowest BCUT2D eigenvalue weighted by Gasteiger charge is -2.15. The van der Waals surface area contributed by atoms with Gasteiger partial charge in [0.2, 0.25) is 15.9 Å². The summed E-state index contributed by atoms with van der Waals surface area (Å²) in [5.41, 5.74) is 1.37. The molecule has 0 aliphatic rings. The van der Waals surface area contributed by atoms with Crippen molar-refractivity contribution >= 4 is 50.5 Å². The van der Waals surface area contributed by atoms with Crippen molar-refractivity contribution < 1.29 is 13.2 Å². The second kappa shape index (κ2) is 8.73. The zero-order chi connectivity index (χ0) is 19.3. The van der Waals surface area contributed by atoms with Crippen LogP contribution < -0.4 is 14.9 Å². The Labute approximate surface area is 163 Å². The van der Waals surface area contributed by atoms with Crippen molar-refractivity contribution in [2.24, 2.45) is 0 Å². The summed E-state index contributed by atoms with van der Waals surface area (Å²) in [6.45, 7) is -0.0527. The molecule has 0 unspecified atom stereocenters. The van der Waals surface area contributed by atoms with Gasteiger partial charge in [-0.2, -0.15) is 0 Å². The van der Waals surface area contributed by atoms with Gasteiger partial charge in [0.25, 0.3) is 0 Å². The topological polar surface area (TPSA) is 78.5 Å². The number of nitrogens with zero attached hydrogens (tertiary/aromatic N) is 1. The lowest BCUT2D eigenvalue weighted by Crippen LogP contribution is -2.28. The fraction of sp³-hybridized carbons (Fsp3) is 0.235. The molecule has 2 N–H and O–H groups in total. The molecule has 0 aromatic heterocycles. The molecule has 2 aromatic carbocycles. The molecular formula is C17H19Cl2N3O3S. The maximum absolute atomic E-state index is 12.2. The highest BCUT2D eigenvalue weighted by Gasteiger charge is 2.17. The molecule has 2 aromatic rings. The monoisotopic (exact) mass is 415 g/mol. The third kappa shape index (κ3) is 5.35. The fourth-order valence-electron chi connectivity index (χ4n) is 2.21. The highest BCUT2D eigenvalue weighted by Crippen LogP contribution is 2.27. The van der Waals surface area contributed by atoms with Crippen LogP contribution in [-0.4, -0.2) is 35.0 Å². The lowest BCUT2D eigenvalue weighted by molar-refractivity contribution is -0.116. The Kier molecular flexibility index (Phi) is 6.88. The molecule has 140 valence electrons. The first-order valence-electron chi connectivity index (χ1n) is 7.71. The van der Waals surface area contributed by atoms with Crippen LogP contribution in [0.15, 0.2) is 47.4 Å². The molecule has 0 bridgehead atoms. The van der Waals surface area contributed by atoms with Crippen molar-refractivity contribution in [2.45, 2.75) is 11.3 Å². The number of sulfonamides is 1. The summed E-state index contributed by atoms with van der Waals surface area (Å²) in [6, 6.07) is 11.3. The molecule has 0 atom stereocenters. The number of halogens is 2. The molecule has 0 radical (unpaired) electrons. The smallest absolute Gasteiger partial charge is 0.242 e. The molecule has 0 saturated heterocycles. The molecule has 0 saturated carbocycles. The van der Waals surface area contributed by atoms with Crippen LogP contribution in [0.2, 0.25) is 10.0 Å². The van der Waals surface area contributed by atoms with E-state index in [4.69, 9.17) is 23.2 Å². The Morgan fingerprint density at radius 2 is 1.77 bits per heavy atom. The van der Waals surface area contributed by atoms with Crippen molar-refractivity contribution in [1.82, 2.24) is 4.72 Å². The summed E-state index contributed by atoms with van der Waals surface area (Å²) < 4.78 is 26.7. The molecule has 0 fully saturated rings. The van der Waals surface area contributed by atoms with Gasteiger partial charge in [0.05, 0.1) is 15.7 Å². The number of hydrogen-bond acceptors (Lipinski definition) is 4. The van der Waals surface area contributed by atoms with E-state index in [-0.39, 0.29) is 28.8 Å². The predicted octanol–water partition coefficient (Wildman–Crippen LogP) is 3.37. The Balaban J connectivity index is 1.91. The number of benzene rings is 2. The van der Waals surface area contributed by atoms with E-state index in [0.29, 0.717) is 10.7 Å². The third-order valence-corrected chi connectivity index (χ3v) is 5.75. The van der Waals surface area contributed by atoms with E-state index in [0.717, 1.165) is 5.69 Å². The summed E-state index contributed by atoms with van der Waals surface area (Å²) in [6.07, 6.45) is -0.0310. The van der Waals surface area contributed by atoms with Crippen LogP contribution >= 0.6 is 23.2 Å². The van der Waals surface area contributed by atoms with E-state index in [1.54, 1.807) is 30.3 Å². The van der Waals surface area contributed by atoms with Crippen molar-refractivity contribution in [1.29, 1.82) is 0 Å². The molecular weight excluding hydrogens is 397 g/mol. The van der Waals surface area contributed by atoms with Gasteiger partial charge in [-0.1, -0.05) is 35.3 Å². The fourth-order valence-corrected chi connectivity index (χ4v) is 4.11. The van der Waals surface area contributed by atoms with Crippen LogP contribution in [0.4, 0.5) is 11.4 Å². The van der Waals surface area contributed by atoms with Gasteiger partial charge < -0.3 is 10.2 Å². The van der Waals surface area contributed by atoms with Crippen LogP contribution in [0.1, 0.15) is 6.42 Å². The number of nitrogens with one attached hydrogen (secondary N) is 2. The van der Waals surface area contributed by atoms with Crippen molar-refractivity contribution in [3.05, 3.63) is 52.5 Å². The van der Waals surface area contributed by atoms with Crippen LogP contribution in [-0.2, 0) is 14.8 Å². The van der Waals surface area contributed by atoms with Crippen LogP contribution in [0, 0.1) is 0 Å². The molecule has 0 spiro atoms. The molecule has 9 heteroatoms. The first kappa shape index (κ1) is 20.5. The van der Waals surface area contributed by atoms with Crippen molar-refractivity contribution in [2.75, 3.05) is 30.9 Å². The predicted molar refractivity (Wildman–Crippen MR) is 106 cm³/mol. The number of carbonyl (C=O) groups excluding carboxylic acids is 1. The van der Waals surface area contributed by atoms with E-state index in [2.05, 4.69) is 10.0 Å². The van der Waals surface area contributed by atoms with Crippen LogP contribution in [0.5, 0.6) is 0 Å². The van der Waals surface area contributed by atoms with Gasteiger partial charge in [-0.05, 0) is 30.3 Å². The highest BCUT2D eigenvalue weighted by molar-refractivity contribution is 7.89. The average Bonchev–Trinajstić information content (AvgIpc) is 2.54. The zero-order valence-corrected chi connectivity index (χ0v) is 16.6. The standard InChI is InChI=1S/C17H19Cl2N3O3S/c1-22(2)15-8-7-12(11-14(15)19)21-17(23)9-10-20-26(24,25)16-6-4-3-5-13(16)18/h3-8,11,20H,9-10H2,1-2H3,(H,21,23). The van der Waals surface area contributed by atoms with Gasteiger partial charge >= 0.3 is 0 Å². The van der Waals surface area contributed by atoms with Crippen LogP contribution in [0.25, 0.3) is 0 Å². The maximum Gasteiger partial charge on any atom is 0.242 e. The third-order valence-electron chi connectivity index (χ3n) is 3.48. The zero-order valence-electron chi connectivity index (χ0n) is 14.3. The normalized spacial score (nSPS) is 11.2. The maximum atomic E-state index is 12.2.